The molecule has 0 unspecified atom stereocenters. The summed E-state index contributed by atoms with van der Waals surface area (Å²) in [6.07, 6.45) is 21.1. The van der Waals surface area contributed by atoms with Crippen molar-refractivity contribution in [3.8, 4) is 17.0 Å². The van der Waals surface area contributed by atoms with Crippen LogP contribution in [0.5, 0.6) is 5.75 Å². The predicted molar refractivity (Wildman–Crippen MR) is 155 cm³/mol. The molecule has 2 aromatic rings. The van der Waals surface area contributed by atoms with E-state index in [1.807, 2.05) is 6.92 Å². The Balaban J connectivity index is 1.53. The SMILES string of the molecule is CCCCCCCCCCCCCCCCCCNC(=O)Oc1c(-c2c(Cl)cccc2Cl)noc1CC. The minimum atomic E-state index is -0.525. The zero-order chi connectivity index (χ0) is 26.7. The number of benzene rings is 1. The van der Waals surface area contributed by atoms with Crippen LogP contribution in [0, 0.1) is 0 Å². The Hall–Kier alpha value is -1.72. The minimum absolute atomic E-state index is 0.266. The van der Waals surface area contributed by atoms with E-state index in [-0.39, 0.29) is 5.75 Å². The topological polar surface area (TPSA) is 64.4 Å². The van der Waals surface area contributed by atoms with E-state index in [1.165, 1.54) is 89.9 Å². The number of halogens is 2. The molecule has 1 aromatic heterocycles. The molecule has 0 fully saturated rings. The maximum absolute atomic E-state index is 12.4. The molecule has 1 N–H and O–H groups in total. The Kier molecular flexibility index (Phi) is 16.5. The van der Waals surface area contributed by atoms with Gasteiger partial charge in [-0.2, -0.15) is 0 Å². The van der Waals surface area contributed by atoms with Gasteiger partial charge in [0.25, 0.3) is 0 Å². The highest BCUT2D eigenvalue weighted by Crippen LogP contribution is 2.40. The van der Waals surface area contributed by atoms with Gasteiger partial charge >= 0.3 is 6.09 Å². The van der Waals surface area contributed by atoms with E-state index in [4.69, 9.17) is 32.5 Å². The second-order valence-electron chi connectivity index (χ2n) is 9.85. The van der Waals surface area contributed by atoms with Crippen LogP contribution in [0.3, 0.4) is 0 Å². The fourth-order valence-corrected chi connectivity index (χ4v) is 5.10. The van der Waals surface area contributed by atoms with Crippen LogP contribution >= 0.6 is 23.2 Å². The smallest absolute Gasteiger partial charge is 0.404 e. The summed E-state index contributed by atoms with van der Waals surface area (Å²) in [5.74, 6) is 0.741. The molecule has 0 aliphatic heterocycles. The minimum Gasteiger partial charge on any atom is -0.404 e. The van der Waals surface area contributed by atoms with E-state index in [1.54, 1.807) is 18.2 Å². The summed E-state index contributed by atoms with van der Waals surface area (Å²) in [6.45, 7) is 4.75. The third kappa shape index (κ3) is 12.1. The highest BCUT2D eigenvalue weighted by atomic mass is 35.5. The number of amides is 1. The third-order valence-electron chi connectivity index (χ3n) is 6.73. The van der Waals surface area contributed by atoms with Crippen LogP contribution in [0.15, 0.2) is 22.7 Å². The summed E-state index contributed by atoms with van der Waals surface area (Å²) >= 11 is 12.6. The van der Waals surface area contributed by atoms with E-state index < -0.39 is 6.09 Å². The van der Waals surface area contributed by atoms with E-state index >= 15 is 0 Å². The van der Waals surface area contributed by atoms with Gasteiger partial charge in [0.1, 0.15) is 0 Å². The molecule has 0 bridgehead atoms. The van der Waals surface area contributed by atoms with Gasteiger partial charge in [-0.15, -0.1) is 0 Å². The number of carbonyl (C=O) groups is 1. The lowest BCUT2D eigenvalue weighted by molar-refractivity contribution is 0.199. The van der Waals surface area contributed by atoms with Crippen LogP contribution in [0.25, 0.3) is 11.3 Å². The molecular formula is C30H46Cl2N2O3. The number of carbonyl (C=O) groups excluding carboxylic acids is 1. The maximum atomic E-state index is 12.4. The summed E-state index contributed by atoms with van der Waals surface area (Å²) in [4.78, 5) is 12.4. The van der Waals surface area contributed by atoms with Gasteiger partial charge in [0.15, 0.2) is 11.5 Å². The van der Waals surface area contributed by atoms with Crippen molar-refractivity contribution >= 4 is 29.3 Å². The highest BCUT2D eigenvalue weighted by molar-refractivity contribution is 6.39. The van der Waals surface area contributed by atoms with Crippen molar-refractivity contribution in [1.82, 2.24) is 10.5 Å². The van der Waals surface area contributed by atoms with Crippen LogP contribution < -0.4 is 10.1 Å². The van der Waals surface area contributed by atoms with Gasteiger partial charge in [-0.3, -0.25) is 0 Å². The molecule has 1 amide bonds. The first-order valence-corrected chi connectivity index (χ1v) is 15.2. The van der Waals surface area contributed by atoms with Crippen molar-refractivity contribution in [3.63, 3.8) is 0 Å². The number of nitrogens with zero attached hydrogens (tertiary/aromatic N) is 1. The van der Waals surface area contributed by atoms with Crippen molar-refractivity contribution < 1.29 is 14.1 Å². The van der Waals surface area contributed by atoms with Gasteiger partial charge < -0.3 is 14.6 Å². The van der Waals surface area contributed by atoms with Gasteiger partial charge in [0.2, 0.25) is 5.75 Å². The fraction of sp³-hybridized carbons (Fsp3) is 0.667. The third-order valence-corrected chi connectivity index (χ3v) is 7.36. The molecular weight excluding hydrogens is 507 g/mol. The Labute approximate surface area is 234 Å². The predicted octanol–water partition coefficient (Wildman–Crippen LogP) is 10.6. The molecule has 0 aliphatic rings. The first-order chi connectivity index (χ1) is 18.1. The van der Waals surface area contributed by atoms with Crippen LogP contribution in [0.4, 0.5) is 4.79 Å². The van der Waals surface area contributed by atoms with Gasteiger partial charge in [-0.1, -0.05) is 145 Å². The molecule has 0 aliphatic carbocycles. The second kappa shape index (κ2) is 19.4. The van der Waals surface area contributed by atoms with Crippen LogP contribution in [0.1, 0.15) is 122 Å². The monoisotopic (exact) mass is 552 g/mol. The molecule has 0 saturated heterocycles. The van der Waals surface area contributed by atoms with Crippen molar-refractivity contribution in [2.75, 3.05) is 6.54 Å². The van der Waals surface area contributed by atoms with E-state index in [2.05, 4.69) is 17.4 Å². The number of unbranched alkanes of at least 4 members (excludes halogenated alkanes) is 15. The van der Waals surface area contributed by atoms with Gasteiger partial charge in [-0.05, 0) is 18.6 Å². The summed E-state index contributed by atoms with van der Waals surface area (Å²) in [5, 5.41) is 7.74. The van der Waals surface area contributed by atoms with Gasteiger partial charge in [0.05, 0.1) is 10.0 Å². The Morgan fingerprint density at radius 1 is 0.811 bits per heavy atom. The van der Waals surface area contributed by atoms with E-state index in [9.17, 15) is 4.79 Å². The molecule has 0 spiro atoms. The summed E-state index contributed by atoms with van der Waals surface area (Å²) in [5.41, 5.74) is 0.833. The molecule has 5 nitrogen and oxygen atoms in total. The number of hydrogen-bond donors (Lipinski definition) is 1. The van der Waals surface area contributed by atoms with Gasteiger partial charge in [0, 0.05) is 18.5 Å². The van der Waals surface area contributed by atoms with Crippen LogP contribution in [-0.4, -0.2) is 17.8 Å². The number of rotatable bonds is 20. The molecule has 0 saturated carbocycles. The average Bonchev–Trinajstić information content (AvgIpc) is 3.27. The molecule has 7 heteroatoms. The summed E-state index contributed by atoms with van der Waals surface area (Å²) in [7, 11) is 0. The van der Waals surface area contributed by atoms with Crippen molar-refractivity contribution in [2.24, 2.45) is 0 Å². The number of aryl methyl sites for hydroxylation is 1. The molecule has 208 valence electrons. The van der Waals surface area contributed by atoms with Gasteiger partial charge in [-0.25, -0.2) is 4.79 Å². The first-order valence-electron chi connectivity index (χ1n) is 14.5. The lowest BCUT2D eigenvalue weighted by Crippen LogP contribution is -2.28. The Morgan fingerprint density at radius 3 is 1.78 bits per heavy atom. The van der Waals surface area contributed by atoms with E-state index in [0.717, 1.165) is 12.8 Å². The van der Waals surface area contributed by atoms with Crippen molar-refractivity contribution in [1.29, 1.82) is 0 Å². The largest absolute Gasteiger partial charge is 0.412 e. The molecule has 2 rings (SSSR count). The standard InChI is InChI=1S/C30H46Cl2N2O3/c1-3-5-6-7-8-9-10-11-12-13-14-15-16-17-18-19-23-33-30(35)36-29-26(4-2)37-34-28(29)27-24(31)21-20-22-25(27)32/h20-22H,3-19,23H2,1-2H3,(H,33,35). The zero-order valence-corrected chi connectivity index (χ0v) is 24.4. The first kappa shape index (κ1) is 31.5. The lowest BCUT2D eigenvalue weighted by atomic mass is 10.0. The fourth-order valence-electron chi connectivity index (χ4n) is 4.52. The second-order valence-corrected chi connectivity index (χ2v) is 10.7. The van der Waals surface area contributed by atoms with Crippen LogP contribution in [0.2, 0.25) is 10.0 Å². The Morgan fingerprint density at radius 2 is 1.30 bits per heavy atom. The molecule has 1 heterocycles. The van der Waals surface area contributed by atoms with Crippen molar-refractivity contribution in [2.45, 2.75) is 123 Å². The number of hydrogen-bond acceptors (Lipinski definition) is 4. The number of aromatic nitrogens is 1. The zero-order valence-electron chi connectivity index (χ0n) is 22.9. The summed E-state index contributed by atoms with van der Waals surface area (Å²) in [6, 6.07) is 5.18. The molecule has 0 radical (unpaired) electrons. The normalized spacial score (nSPS) is 11.1. The van der Waals surface area contributed by atoms with Crippen molar-refractivity contribution in [3.05, 3.63) is 34.0 Å². The molecule has 0 atom stereocenters. The summed E-state index contributed by atoms with van der Waals surface area (Å²) < 4.78 is 11.0. The lowest BCUT2D eigenvalue weighted by Gasteiger charge is -2.09. The quantitative estimate of drug-likeness (QED) is 0.166. The highest BCUT2D eigenvalue weighted by Gasteiger charge is 2.24. The molecule has 1 aromatic carbocycles. The maximum Gasteiger partial charge on any atom is 0.412 e. The van der Waals surface area contributed by atoms with E-state index in [0.29, 0.717) is 40.0 Å². The number of nitrogens with one attached hydrogen (secondary N) is 1. The average molecular weight is 554 g/mol. The molecule has 37 heavy (non-hydrogen) atoms. The van der Waals surface area contributed by atoms with Crippen LogP contribution in [-0.2, 0) is 6.42 Å². The Bertz CT molecular complexity index is 881. The number of ether oxygens (including phenoxy) is 1.